The Bertz CT molecular complexity index is 921. The van der Waals surface area contributed by atoms with Crippen LogP contribution in [0.15, 0.2) is 48.5 Å². The molecule has 0 aromatic heterocycles. The first kappa shape index (κ1) is 19.8. The van der Waals surface area contributed by atoms with Crippen LogP contribution in [0, 0.1) is 0 Å². The molecule has 6 nitrogen and oxygen atoms in total. The van der Waals surface area contributed by atoms with Gasteiger partial charge in [0, 0.05) is 12.7 Å². The summed E-state index contributed by atoms with van der Waals surface area (Å²) in [5.41, 5.74) is 1.28. The highest BCUT2D eigenvalue weighted by molar-refractivity contribution is 6.22. The summed E-state index contributed by atoms with van der Waals surface area (Å²) in [7, 11) is 1.52. The van der Waals surface area contributed by atoms with Crippen molar-refractivity contribution in [2.24, 2.45) is 0 Å². The zero-order valence-electron chi connectivity index (χ0n) is 16.5. The Hall–Kier alpha value is -2.99. The number of rotatable bonds is 6. The number of carbonyl (C=O) groups is 3. The molecule has 0 saturated heterocycles. The molecule has 146 valence electrons. The van der Waals surface area contributed by atoms with Crippen LogP contribution < -0.4 is 5.32 Å². The van der Waals surface area contributed by atoms with Gasteiger partial charge in [0.05, 0.1) is 29.3 Å². The summed E-state index contributed by atoms with van der Waals surface area (Å²) in [6.07, 6.45) is 0. The molecule has 1 heterocycles. The van der Waals surface area contributed by atoms with Crippen molar-refractivity contribution in [1.29, 1.82) is 0 Å². The first-order valence-electron chi connectivity index (χ1n) is 9.15. The SMILES string of the molecule is COCC(C)N1C(=O)c2ccc(C(=O)NC(C)(C)c3ccccc3)cc2C1=O. The lowest BCUT2D eigenvalue weighted by Gasteiger charge is -2.27. The Labute approximate surface area is 164 Å². The average Bonchev–Trinajstić information content (AvgIpc) is 2.92. The van der Waals surface area contributed by atoms with E-state index in [0.717, 1.165) is 5.56 Å². The van der Waals surface area contributed by atoms with Crippen molar-refractivity contribution < 1.29 is 19.1 Å². The van der Waals surface area contributed by atoms with E-state index in [0.29, 0.717) is 11.1 Å². The number of ether oxygens (including phenoxy) is 1. The maximum absolute atomic E-state index is 12.8. The molecule has 0 saturated carbocycles. The summed E-state index contributed by atoms with van der Waals surface area (Å²) < 4.78 is 5.06. The minimum atomic E-state index is -0.587. The predicted molar refractivity (Wildman–Crippen MR) is 105 cm³/mol. The van der Waals surface area contributed by atoms with Crippen molar-refractivity contribution in [2.75, 3.05) is 13.7 Å². The number of carbonyl (C=O) groups excluding carboxylic acids is 3. The fourth-order valence-electron chi connectivity index (χ4n) is 3.40. The number of hydrogen-bond acceptors (Lipinski definition) is 4. The first-order valence-corrected chi connectivity index (χ1v) is 9.15. The number of benzene rings is 2. The van der Waals surface area contributed by atoms with E-state index >= 15 is 0 Å². The predicted octanol–water partition coefficient (Wildman–Crippen LogP) is 2.98. The van der Waals surface area contributed by atoms with E-state index in [-0.39, 0.29) is 30.0 Å². The summed E-state index contributed by atoms with van der Waals surface area (Å²) in [6, 6.07) is 13.9. The molecule has 28 heavy (non-hydrogen) atoms. The van der Waals surface area contributed by atoms with Crippen LogP contribution in [0.5, 0.6) is 0 Å². The lowest BCUT2D eigenvalue weighted by Crippen LogP contribution is -2.41. The summed E-state index contributed by atoms with van der Waals surface area (Å²) in [5, 5.41) is 2.99. The highest BCUT2D eigenvalue weighted by atomic mass is 16.5. The molecule has 0 fully saturated rings. The summed E-state index contributed by atoms with van der Waals surface area (Å²) >= 11 is 0. The Morgan fingerprint density at radius 1 is 1.07 bits per heavy atom. The van der Waals surface area contributed by atoms with Gasteiger partial charge in [-0.15, -0.1) is 0 Å². The molecule has 1 aliphatic heterocycles. The largest absolute Gasteiger partial charge is 0.383 e. The van der Waals surface area contributed by atoms with Crippen molar-refractivity contribution >= 4 is 17.7 Å². The standard InChI is InChI=1S/C22H24N2O4/c1-14(13-28-4)24-20(26)17-11-10-15(12-18(17)21(24)27)19(25)23-22(2,3)16-8-6-5-7-9-16/h5-12,14H,13H2,1-4H3,(H,23,25). The van der Waals surface area contributed by atoms with Gasteiger partial charge in [-0.2, -0.15) is 0 Å². The Balaban J connectivity index is 1.84. The third kappa shape index (κ3) is 3.55. The topological polar surface area (TPSA) is 75.7 Å². The van der Waals surface area contributed by atoms with E-state index in [9.17, 15) is 14.4 Å². The molecule has 1 N–H and O–H groups in total. The lowest BCUT2D eigenvalue weighted by molar-refractivity contribution is 0.0497. The number of methoxy groups -OCH3 is 1. The fraction of sp³-hybridized carbons (Fsp3) is 0.318. The zero-order valence-corrected chi connectivity index (χ0v) is 16.5. The fourth-order valence-corrected chi connectivity index (χ4v) is 3.40. The van der Waals surface area contributed by atoms with E-state index in [1.54, 1.807) is 19.1 Å². The Kier molecular flexibility index (Phi) is 5.34. The van der Waals surface area contributed by atoms with Gasteiger partial charge < -0.3 is 10.1 Å². The van der Waals surface area contributed by atoms with Crippen molar-refractivity contribution in [2.45, 2.75) is 32.4 Å². The molecule has 1 atom stereocenters. The van der Waals surface area contributed by atoms with Gasteiger partial charge in [-0.25, -0.2) is 0 Å². The molecular weight excluding hydrogens is 356 g/mol. The van der Waals surface area contributed by atoms with Crippen molar-refractivity contribution in [1.82, 2.24) is 10.2 Å². The molecule has 1 aliphatic rings. The van der Waals surface area contributed by atoms with Crippen LogP contribution in [0.1, 0.15) is 57.4 Å². The minimum Gasteiger partial charge on any atom is -0.383 e. The average molecular weight is 380 g/mol. The van der Waals surface area contributed by atoms with Crippen LogP contribution in [-0.4, -0.2) is 42.4 Å². The van der Waals surface area contributed by atoms with E-state index in [1.807, 2.05) is 44.2 Å². The molecule has 2 aromatic carbocycles. The highest BCUT2D eigenvalue weighted by Crippen LogP contribution is 2.27. The quantitative estimate of drug-likeness (QED) is 0.782. The van der Waals surface area contributed by atoms with Gasteiger partial charge >= 0.3 is 0 Å². The van der Waals surface area contributed by atoms with Gasteiger partial charge in [-0.05, 0) is 44.5 Å². The number of amides is 3. The van der Waals surface area contributed by atoms with Gasteiger partial charge in [0.2, 0.25) is 0 Å². The summed E-state index contributed by atoms with van der Waals surface area (Å²) in [6.45, 7) is 5.83. The van der Waals surface area contributed by atoms with Crippen molar-refractivity contribution in [3.05, 3.63) is 70.8 Å². The van der Waals surface area contributed by atoms with Crippen LogP contribution in [0.25, 0.3) is 0 Å². The van der Waals surface area contributed by atoms with Gasteiger partial charge in [-0.1, -0.05) is 30.3 Å². The van der Waals surface area contributed by atoms with Crippen molar-refractivity contribution in [3.8, 4) is 0 Å². The number of nitrogens with zero attached hydrogens (tertiary/aromatic N) is 1. The third-order valence-electron chi connectivity index (χ3n) is 4.95. The number of fused-ring (bicyclic) bond motifs is 1. The van der Waals surface area contributed by atoms with Crippen LogP contribution in [-0.2, 0) is 10.3 Å². The normalized spacial score (nSPS) is 14.8. The van der Waals surface area contributed by atoms with Gasteiger partial charge in [-0.3, -0.25) is 19.3 Å². The van der Waals surface area contributed by atoms with Gasteiger partial charge in [0.25, 0.3) is 17.7 Å². The molecular formula is C22H24N2O4. The molecule has 3 amide bonds. The highest BCUT2D eigenvalue weighted by Gasteiger charge is 2.39. The second-order valence-electron chi connectivity index (χ2n) is 7.49. The molecule has 1 unspecified atom stereocenters. The maximum atomic E-state index is 12.8. The monoisotopic (exact) mass is 380 g/mol. The molecule has 6 heteroatoms. The van der Waals surface area contributed by atoms with Crippen LogP contribution in [0.2, 0.25) is 0 Å². The summed E-state index contributed by atoms with van der Waals surface area (Å²) in [4.78, 5) is 39.3. The van der Waals surface area contributed by atoms with Crippen LogP contribution in [0.4, 0.5) is 0 Å². The van der Waals surface area contributed by atoms with E-state index in [4.69, 9.17) is 4.74 Å². The van der Waals surface area contributed by atoms with E-state index < -0.39 is 11.4 Å². The van der Waals surface area contributed by atoms with E-state index in [2.05, 4.69) is 5.32 Å². The number of hydrogen-bond donors (Lipinski definition) is 1. The molecule has 2 aromatic rings. The number of imide groups is 1. The third-order valence-corrected chi connectivity index (χ3v) is 4.95. The Morgan fingerprint density at radius 2 is 1.71 bits per heavy atom. The second kappa shape index (κ2) is 7.56. The van der Waals surface area contributed by atoms with Gasteiger partial charge in [0.15, 0.2) is 0 Å². The lowest BCUT2D eigenvalue weighted by atomic mass is 9.93. The molecule has 3 rings (SSSR count). The summed E-state index contributed by atoms with van der Waals surface area (Å²) in [5.74, 6) is -1.07. The molecule has 0 aliphatic carbocycles. The molecule has 0 bridgehead atoms. The Morgan fingerprint density at radius 3 is 2.36 bits per heavy atom. The zero-order chi connectivity index (χ0) is 20.5. The second-order valence-corrected chi connectivity index (χ2v) is 7.49. The smallest absolute Gasteiger partial charge is 0.261 e. The maximum Gasteiger partial charge on any atom is 0.261 e. The van der Waals surface area contributed by atoms with Crippen LogP contribution >= 0.6 is 0 Å². The van der Waals surface area contributed by atoms with Crippen molar-refractivity contribution in [3.63, 3.8) is 0 Å². The number of nitrogens with one attached hydrogen (secondary N) is 1. The van der Waals surface area contributed by atoms with Gasteiger partial charge in [0.1, 0.15) is 0 Å². The molecule has 0 spiro atoms. The minimum absolute atomic E-state index is 0.248. The first-order chi connectivity index (χ1) is 13.3. The van der Waals surface area contributed by atoms with Crippen LogP contribution in [0.3, 0.4) is 0 Å². The molecule has 0 radical (unpaired) electrons. The van der Waals surface area contributed by atoms with E-state index in [1.165, 1.54) is 18.1 Å².